The summed E-state index contributed by atoms with van der Waals surface area (Å²) in [5, 5.41) is 6.86. The fourth-order valence-corrected chi connectivity index (χ4v) is 4.08. The fraction of sp³-hybridized carbons (Fsp3) is 0.300. The standard InChI is InChI=1S/C20H22N6S/c1-13(2)8-16-11-27-20-18(16)19(24-14(3)25-20)23-10-15-4-5-17(22-9-15)26-7-6-21-12-26/h4-7,9,11-13H,8,10H2,1-3H3,(H,23,24,25). The van der Waals surface area contributed by atoms with Gasteiger partial charge < -0.3 is 5.32 Å². The summed E-state index contributed by atoms with van der Waals surface area (Å²) in [6.07, 6.45) is 8.29. The van der Waals surface area contributed by atoms with E-state index >= 15 is 0 Å². The van der Waals surface area contributed by atoms with Gasteiger partial charge in [0.2, 0.25) is 0 Å². The van der Waals surface area contributed by atoms with Crippen LogP contribution in [0.4, 0.5) is 5.82 Å². The van der Waals surface area contributed by atoms with Gasteiger partial charge in [-0.25, -0.2) is 19.9 Å². The number of rotatable bonds is 6. The molecule has 4 heterocycles. The number of nitrogens with zero attached hydrogens (tertiary/aromatic N) is 5. The highest BCUT2D eigenvalue weighted by molar-refractivity contribution is 7.17. The summed E-state index contributed by atoms with van der Waals surface area (Å²) in [4.78, 5) is 18.9. The zero-order valence-electron chi connectivity index (χ0n) is 15.7. The van der Waals surface area contributed by atoms with E-state index in [1.54, 1.807) is 23.9 Å². The topological polar surface area (TPSA) is 68.5 Å². The average Bonchev–Trinajstić information content (AvgIpc) is 3.30. The lowest BCUT2D eigenvalue weighted by Crippen LogP contribution is -2.05. The average molecular weight is 379 g/mol. The molecule has 0 unspecified atom stereocenters. The molecule has 6 nitrogen and oxygen atoms in total. The van der Waals surface area contributed by atoms with Gasteiger partial charge in [-0.3, -0.25) is 4.57 Å². The molecule has 0 radical (unpaired) electrons. The van der Waals surface area contributed by atoms with Crippen molar-refractivity contribution in [3.63, 3.8) is 0 Å². The molecular weight excluding hydrogens is 356 g/mol. The molecule has 0 fully saturated rings. The maximum atomic E-state index is 4.67. The lowest BCUT2D eigenvalue weighted by Gasteiger charge is -2.11. The molecule has 0 aliphatic rings. The largest absolute Gasteiger partial charge is 0.365 e. The molecule has 4 aromatic rings. The van der Waals surface area contributed by atoms with Crippen molar-refractivity contribution in [2.75, 3.05) is 5.32 Å². The minimum Gasteiger partial charge on any atom is -0.365 e. The molecule has 0 spiro atoms. The smallest absolute Gasteiger partial charge is 0.139 e. The Bertz CT molecular complexity index is 1030. The van der Waals surface area contributed by atoms with Gasteiger partial charge in [0, 0.05) is 25.1 Å². The van der Waals surface area contributed by atoms with Gasteiger partial charge in [-0.2, -0.15) is 0 Å². The monoisotopic (exact) mass is 378 g/mol. The van der Waals surface area contributed by atoms with Crippen molar-refractivity contribution in [3.05, 3.63) is 59.4 Å². The van der Waals surface area contributed by atoms with Gasteiger partial charge in [0.1, 0.15) is 28.6 Å². The summed E-state index contributed by atoms with van der Waals surface area (Å²) in [6, 6.07) is 4.07. The van der Waals surface area contributed by atoms with E-state index in [0.29, 0.717) is 12.5 Å². The molecule has 4 rings (SSSR count). The van der Waals surface area contributed by atoms with Crippen LogP contribution in [0.25, 0.3) is 16.0 Å². The summed E-state index contributed by atoms with van der Waals surface area (Å²) in [5.41, 5.74) is 2.42. The van der Waals surface area contributed by atoms with Crippen molar-refractivity contribution in [3.8, 4) is 5.82 Å². The van der Waals surface area contributed by atoms with Crippen LogP contribution in [0.2, 0.25) is 0 Å². The van der Waals surface area contributed by atoms with Crippen molar-refractivity contribution < 1.29 is 0 Å². The van der Waals surface area contributed by atoms with Crippen LogP contribution in [-0.4, -0.2) is 24.5 Å². The number of hydrogen-bond donors (Lipinski definition) is 1. The van der Waals surface area contributed by atoms with Crippen molar-refractivity contribution >= 4 is 27.4 Å². The van der Waals surface area contributed by atoms with Gasteiger partial charge in [0.25, 0.3) is 0 Å². The summed E-state index contributed by atoms with van der Waals surface area (Å²) in [6.45, 7) is 7.08. The first-order valence-electron chi connectivity index (χ1n) is 9.02. The molecule has 0 aromatic carbocycles. The molecule has 7 heteroatoms. The number of nitrogens with one attached hydrogen (secondary N) is 1. The van der Waals surface area contributed by atoms with Crippen LogP contribution in [-0.2, 0) is 13.0 Å². The molecule has 1 N–H and O–H groups in total. The number of fused-ring (bicyclic) bond motifs is 1. The van der Waals surface area contributed by atoms with Crippen LogP contribution in [0.15, 0.2) is 42.4 Å². The second-order valence-corrected chi connectivity index (χ2v) is 7.86. The lowest BCUT2D eigenvalue weighted by atomic mass is 10.0. The number of anilines is 1. The molecule has 0 atom stereocenters. The molecule has 27 heavy (non-hydrogen) atoms. The van der Waals surface area contributed by atoms with Crippen molar-refractivity contribution in [1.82, 2.24) is 24.5 Å². The van der Waals surface area contributed by atoms with Gasteiger partial charge in [0.15, 0.2) is 0 Å². The van der Waals surface area contributed by atoms with E-state index in [-0.39, 0.29) is 0 Å². The van der Waals surface area contributed by atoms with E-state index < -0.39 is 0 Å². The maximum absolute atomic E-state index is 4.67. The normalized spacial score (nSPS) is 11.4. The lowest BCUT2D eigenvalue weighted by molar-refractivity contribution is 0.651. The Hall–Kier alpha value is -2.80. The molecule has 0 aliphatic heterocycles. The molecule has 0 aliphatic carbocycles. The Morgan fingerprint density at radius 1 is 1.22 bits per heavy atom. The van der Waals surface area contributed by atoms with E-state index in [0.717, 1.165) is 39.7 Å². The third-order valence-electron chi connectivity index (χ3n) is 4.29. The first kappa shape index (κ1) is 17.6. The summed E-state index contributed by atoms with van der Waals surface area (Å²) < 4.78 is 1.89. The van der Waals surface area contributed by atoms with Gasteiger partial charge in [-0.1, -0.05) is 19.9 Å². The first-order valence-corrected chi connectivity index (χ1v) is 9.90. The van der Waals surface area contributed by atoms with Crippen molar-refractivity contribution in [2.24, 2.45) is 5.92 Å². The van der Waals surface area contributed by atoms with Gasteiger partial charge in [-0.05, 0) is 41.8 Å². The van der Waals surface area contributed by atoms with E-state index in [2.05, 4.69) is 50.5 Å². The Balaban J connectivity index is 1.57. The first-order chi connectivity index (χ1) is 13.1. The van der Waals surface area contributed by atoms with Crippen LogP contribution in [0.5, 0.6) is 0 Å². The Kier molecular flexibility index (Phi) is 4.85. The van der Waals surface area contributed by atoms with Crippen LogP contribution in [0, 0.1) is 12.8 Å². The van der Waals surface area contributed by atoms with Gasteiger partial charge in [-0.15, -0.1) is 11.3 Å². The third kappa shape index (κ3) is 3.83. The number of pyridine rings is 1. The number of imidazole rings is 1. The summed E-state index contributed by atoms with van der Waals surface area (Å²) in [7, 11) is 0. The van der Waals surface area contributed by atoms with E-state index in [1.165, 1.54) is 5.56 Å². The second kappa shape index (κ2) is 7.44. The number of thiophene rings is 1. The third-order valence-corrected chi connectivity index (χ3v) is 5.21. The Labute approximate surface area is 162 Å². The van der Waals surface area contributed by atoms with Crippen molar-refractivity contribution in [1.29, 1.82) is 0 Å². The molecular formula is C20H22N6S. The van der Waals surface area contributed by atoms with E-state index in [1.807, 2.05) is 30.0 Å². The van der Waals surface area contributed by atoms with Crippen LogP contribution >= 0.6 is 11.3 Å². The quantitative estimate of drug-likeness (QED) is 0.539. The molecule has 0 amide bonds. The predicted molar refractivity (Wildman–Crippen MR) is 109 cm³/mol. The fourth-order valence-electron chi connectivity index (χ4n) is 3.08. The predicted octanol–water partition coefficient (Wildman–Crippen LogP) is 4.39. The number of aromatic nitrogens is 5. The summed E-state index contributed by atoms with van der Waals surface area (Å²) >= 11 is 1.69. The highest BCUT2D eigenvalue weighted by Gasteiger charge is 2.14. The van der Waals surface area contributed by atoms with Crippen LogP contribution in [0.1, 0.15) is 30.8 Å². The van der Waals surface area contributed by atoms with E-state index in [4.69, 9.17) is 0 Å². The second-order valence-electron chi connectivity index (χ2n) is 7.01. The maximum Gasteiger partial charge on any atom is 0.139 e. The Morgan fingerprint density at radius 2 is 2.11 bits per heavy atom. The number of aryl methyl sites for hydroxylation is 1. The highest BCUT2D eigenvalue weighted by Crippen LogP contribution is 2.31. The molecule has 138 valence electrons. The zero-order valence-corrected chi connectivity index (χ0v) is 16.5. The number of hydrogen-bond acceptors (Lipinski definition) is 6. The summed E-state index contributed by atoms with van der Waals surface area (Å²) in [5.74, 6) is 3.15. The molecule has 0 saturated heterocycles. The van der Waals surface area contributed by atoms with Gasteiger partial charge >= 0.3 is 0 Å². The molecule has 0 saturated carbocycles. The minimum absolute atomic E-state index is 0.594. The zero-order chi connectivity index (χ0) is 18.8. The SMILES string of the molecule is Cc1nc(NCc2ccc(-n3ccnc3)nc2)c2c(CC(C)C)csc2n1. The highest BCUT2D eigenvalue weighted by atomic mass is 32.1. The minimum atomic E-state index is 0.594. The van der Waals surface area contributed by atoms with Crippen LogP contribution < -0.4 is 5.32 Å². The van der Waals surface area contributed by atoms with Gasteiger partial charge in [0.05, 0.1) is 5.39 Å². The van der Waals surface area contributed by atoms with Crippen LogP contribution in [0.3, 0.4) is 0 Å². The van der Waals surface area contributed by atoms with E-state index in [9.17, 15) is 0 Å². The van der Waals surface area contributed by atoms with Crippen molar-refractivity contribution in [2.45, 2.75) is 33.7 Å². The molecule has 4 aromatic heterocycles. The Morgan fingerprint density at radius 3 is 2.81 bits per heavy atom. The molecule has 0 bridgehead atoms.